The molecule has 0 spiro atoms. The van der Waals surface area contributed by atoms with Gasteiger partial charge in [0, 0.05) is 19.6 Å². The van der Waals surface area contributed by atoms with E-state index in [1.165, 1.54) is 25.7 Å². The molecule has 0 aromatic rings. The van der Waals surface area contributed by atoms with E-state index in [4.69, 9.17) is 0 Å². The van der Waals surface area contributed by atoms with Crippen molar-refractivity contribution in [1.29, 1.82) is 0 Å². The highest BCUT2D eigenvalue weighted by Crippen LogP contribution is 2.17. The fraction of sp³-hybridized carbons (Fsp3) is 0.750. The van der Waals surface area contributed by atoms with Crippen molar-refractivity contribution in [2.45, 2.75) is 32.1 Å². The van der Waals surface area contributed by atoms with E-state index in [9.17, 15) is 4.79 Å². The molecule has 1 fully saturated rings. The lowest BCUT2D eigenvalue weighted by atomic mass is 9.94. The van der Waals surface area contributed by atoms with Crippen LogP contribution >= 0.6 is 0 Å². The summed E-state index contributed by atoms with van der Waals surface area (Å²) in [4.78, 5) is 13.6. The van der Waals surface area contributed by atoms with Crippen molar-refractivity contribution in [3.8, 4) is 0 Å². The summed E-state index contributed by atoms with van der Waals surface area (Å²) in [6, 6.07) is 0.141. The predicted octanol–water partition coefficient (Wildman–Crippen LogP) is 2.15. The normalized spacial score (nSPS) is 25.6. The van der Waals surface area contributed by atoms with Crippen LogP contribution in [0.4, 0.5) is 4.79 Å². The van der Waals surface area contributed by atoms with E-state index in [0.29, 0.717) is 5.92 Å². The Morgan fingerprint density at radius 3 is 2.80 bits per heavy atom. The van der Waals surface area contributed by atoms with Crippen molar-refractivity contribution in [3.63, 3.8) is 0 Å². The van der Waals surface area contributed by atoms with Crippen LogP contribution in [-0.4, -0.2) is 30.6 Å². The Morgan fingerprint density at radius 2 is 2.13 bits per heavy atom. The molecule has 1 unspecified atom stereocenters. The number of amides is 2. The molecule has 3 nitrogen and oxygen atoms in total. The summed E-state index contributed by atoms with van der Waals surface area (Å²) < 4.78 is 0. The van der Waals surface area contributed by atoms with Gasteiger partial charge in [-0.3, -0.25) is 0 Å². The van der Waals surface area contributed by atoms with E-state index in [-0.39, 0.29) is 6.03 Å². The number of nitrogens with one attached hydrogen (secondary N) is 1. The van der Waals surface area contributed by atoms with Gasteiger partial charge in [0.1, 0.15) is 0 Å². The zero-order valence-corrected chi connectivity index (χ0v) is 9.24. The number of carbonyl (C=O) groups is 1. The Balaban J connectivity index is 1.68. The van der Waals surface area contributed by atoms with Crippen LogP contribution in [0, 0.1) is 5.92 Å². The second kappa shape index (κ2) is 5.19. The monoisotopic (exact) mass is 208 g/mol. The molecule has 1 aliphatic carbocycles. The molecule has 2 rings (SSSR count). The minimum absolute atomic E-state index is 0.141. The first-order valence-electron chi connectivity index (χ1n) is 6.04. The molecule has 3 heteroatoms. The van der Waals surface area contributed by atoms with Crippen LogP contribution in [0.15, 0.2) is 12.2 Å². The molecule has 1 N–H and O–H groups in total. The molecule has 15 heavy (non-hydrogen) atoms. The number of rotatable bonds is 2. The van der Waals surface area contributed by atoms with E-state index in [1.54, 1.807) is 0 Å². The van der Waals surface area contributed by atoms with Crippen molar-refractivity contribution in [1.82, 2.24) is 10.2 Å². The number of allylic oxidation sites excluding steroid dienone is 2. The predicted molar refractivity (Wildman–Crippen MR) is 60.7 cm³/mol. The minimum atomic E-state index is 0.141. The lowest BCUT2D eigenvalue weighted by Crippen LogP contribution is -2.40. The number of urea groups is 1. The lowest BCUT2D eigenvalue weighted by Gasteiger charge is -2.21. The minimum Gasteiger partial charge on any atom is -0.338 e. The Hall–Kier alpha value is -0.990. The molecule has 1 atom stereocenters. The van der Waals surface area contributed by atoms with Crippen LogP contribution in [0.25, 0.3) is 0 Å². The highest BCUT2D eigenvalue weighted by molar-refractivity contribution is 5.74. The standard InChI is InChI=1S/C12H20N2O/c15-12(14-8-4-5-9-14)13-10-11-6-2-1-3-7-11/h1-2,11H,3-10H2,(H,13,15). The van der Waals surface area contributed by atoms with E-state index in [1.807, 2.05) is 4.90 Å². The summed E-state index contributed by atoms with van der Waals surface area (Å²) in [5, 5.41) is 3.05. The maximum Gasteiger partial charge on any atom is 0.317 e. The van der Waals surface area contributed by atoms with Crippen molar-refractivity contribution in [2.75, 3.05) is 19.6 Å². The van der Waals surface area contributed by atoms with Crippen LogP contribution in [0.2, 0.25) is 0 Å². The Morgan fingerprint density at radius 1 is 1.33 bits per heavy atom. The highest BCUT2D eigenvalue weighted by Gasteiger charge is 2.18. The number of nitrogens with zero attached hydrogens (tertiary/aromatic N) is 1. The summed E-state index contributed by atoms with van der Waals surface area (Å²) in [5.74, 6) is 0.654. The molecule has 84 valence electrons. The lowest BCUT2D eigenvalue weighted by molar-refractivity contribution is 0.206. The van der Waals surface area contributed by atoms with Gasteiger partial charge in [0.15, 0.2) is 0 Å². The molecule has 2 amide bonds. The summed E-state index contributed by atoms with van der Waals surface area (Å²) in [6.07, 6.45) is 10.3. The van der Waals surface area contributed by atoms with Crippen LogP contribution in [0.5, 0.6) is 0 Å². The van der Waals surface area contributed by atoms with Gasteiger partial charge in [-0.15, -0.1) is 0 Å². The van der Waals surface area contributed by atoms with Crippen molar-refractivity contribution in [3.05, 3.63) is 12.2 Å². The number of likely N-dealkylation sites (tertiary alicyclic amines) is 1. The topological polar surface area (TPSA) is 32.3 Å². The molecule has 0 bridgehead atoms. The summed E-state index contributed by atoms with van der Waals surface area (Å²) >= 11 is 0. The quantitative estimate of drug-likeness (QED) is 0.693. The second-order valence-corrected chi connectivity index (χ2v) is 4.53. The fourth-order valence-electron chi connectivity index (χ4n) is 2.31. The van der Waals surface area contributed by atoms with Crippen LogP contribution in [0.1, 0.15) is 32.1 Å². The molecule has 0 radical (unpaired) electrons. The van der Waals surface area contributed by atoms with Crippen LogP contribution < -0.4 is 5.32 Å². The number of hydrogen-bond acceptors (Lipinski definition) is 1. The third-order valence-corrected chi connectivity index (χ3v) is 3.31. The molecular formula is C12H20N2O. The largest absolute Gasteiger partial charge is 0.338 e. The van der Waals surface area contributed by atoms with E-state index < -0.39 is 0 Å². The van der Waals surface area contributed by atoms with Crippen molar-refractivity contribution >= 4 is 6.03 Å². The molecule has 0 saturated carbocycles. The van der Waals surface area contributed by atoms with Crippen molar-refractivity contribution < 1.29 is 4.79 Å². The maximum atomic E-state index is 11.7. The average molecular weight is 208 g/mol. The van der Waals surface area contributed by atoms with Gasteiger partial charge in [-0.05, 0) is 38.0 Å². The van der Waals surface area contributed by atoms with Crippen molar-refractivity contribution in [2.24, 2.45) is 5.92 Å². The summed E-state index contributed by atoms with van der Waals surface area (Å²) in [6.45, 7) is 2.73. The van der Waals surface area contributed by atoms with E-state index >= 15 is 0 Å². The Bertz CT molecular complexity index is 244. The molecule has 0 aromatic heterocycles. The third kappa shape index (κ3) is 2.98. The second-order valence-electron chi connectivity index (χ2n) is 4.53. The Labute approximate surface area is 91.5 Å². The zero-order valence-electron chi connectivity index (χ0n) is 9.24. The van der Waals surface area contributed by atoms with Gasteiger partial charge in [0.2, 0.25) is 0 Å². The Kier molecular flexibility index (Phi) is 3.64. The van der Waals surface area contributed by atoms with E-state index in [0.717, 1.165) is 26.1 Å². The van der Waals surface area contributed by atoms with Gasteiger partial charge in [0.05, 0.1) is 0 Å². The van der Waals surface area contributed by atoms with Crippen LogP contribution in [0.3, 0.4) is 0 Å². The van der Waals surface area contributed by atoms with Gasteiger partial charge in [0.25, 0.3) is 0 Å². The summed E-state index contributed by atoms with van der Waals surface area (Å²) in [7, 11) is 0. The smallest absolute Gasteiger partial charge is 0.317 e. The molecule has 1 heterocycles. The first-order valence-corrected chi connectivity index (χ1v) is 6.04. The maximum absolute atomic E-state index is 11.7. The first kappa shape index (κ1) is 10.5. The first-order chi connectivity index (χ1) is 7.36. The van der Waals surface area contributed by atoms with E-state index in [2.05, 4.69) is 17.5 Å². The van der Waals surface area contributed by atoms with Gasteiger partial charge in [-0.2, -0.15) is 0 Å². The fourth-order valence-corrected chi connectivity index (χ4v) is 2.31. The molecule has 1 saturated heterocycles. The average Bonchev–Trinajstić information content (AvgIpc) is 2.81. The van der Waals surface area contributed by atoms with Gasteiger partial charge in [-0.25, -0.2) is 4.79 Å². The van der Waals surface area contributed by atoms with Crippen LogP contribution in [-0.2, 0) is 0 Å². The SMILES string of the molecule is O=C(NCC1CC=CCC1)N1CCCC1. The molecule has 1 aliphatic heterocycles. The number of carbonyl (C=O) groups excluding carboxylic acids is 1. The molecule has 2 aliphatic rings. The van der Waals surface area contributed by atoms with Gasteiger partial charge < -0.3 is 10.2 Å². The molecular weight excluding hydrogens is 188 g/mol. The van der Waals surface area contributed by atoms with Gasteiger partial charge in [-0.1, -0.05) is 12.2 Å². The third-order valence-electron chi connectivity index (χ3n) is 3.31. The van der Waals surface area contributed by atoms with Gasteiger partial charge >= 0.3 is 6.03 Å². The summed E-state index contributed by atoms with van der Waals surface area (Å²) in [5.41, 5.74) is 0. The number of hydrogen-bond donors (Lipinski definition) is 1. The zero-order chi connectivity index (χ0) is 10.5. The highest BCUT2D eigenvalue weighted by atomic mass is 16.2. The molecule has 0 aromatic carbocycles.